The summed E-state index contributed by atoms with van der Waals surface area (Å²) in [7, 11) is 0. The third kappa shape index (κ3) is 1.73. The van der Waals surface area contributed by atoms with Crippen LogP contribution in [0.2, 0.25) is 0 Å². The molecule has 0 aromatic heterocycles. The zero-order valence-electron chi connectivity index (χ0n) is 8.42. The molecule has 0 bridgehead atoms. The monoisotopic (exact) mass is 230 g/mol. The highest BCUT2D eigenvalue weighted by Gasteiger charge is 2.53. The number of hydrogen-bond acceptors (Lipinski definition) is 5. The fourth-order valence-corrected chi connectivity index (χ4v) is 3.05. The number of nitrogens with two attached hydrogens (primary N) is 1. The predicted octanol–water partition coefficient (Wildman–Crippen LogP) is -0.327. The Balaban J connectivity index is 1.95. The number of rotatable bonds is 4. The number of aliphatic hydroxyl groups is 1. The lowest BCUT2D eigenvalue weighted by Gasteiger charge is -2.41. The van der Waals surface area contributed by atoms with Crippen molar-refractivity contribution in [1.29, 1.82) is 0 Å². The van der Waals surface area contributed by atoms with E-state index < -0.39 is 6.10 Å². The number of amides is 1. The molecule has 1 amide bonds. The fourth-order valence-electron chi connectivity index (χ4n) is 1.72. The van der Waals surface area contributed by atoms with Crippen molar-refractivity contribution in [2.45, 2.75) is 18.4 Å². The van der Waals surface area contributed by atoms with Gasteiger partial charge in [0.25, 0.3) is 0 Å². The van der Waals surface area contributed by atoms with Crippen LogP contribution in [0.15, 0.2) is 11.3 Å². The van der Waals surface area contributed by atoms with Crippen molar-refractivity contribution in [3.63, 3.8) is 0 Å². The second kappa shape index (κ2) is 4.03. The molecule has 1 unspecified atom stereocenters. The molecular formula is C9H14N2O3S. The molecule has 2 heterocycles. The average molecular weight is 230 g/mol. The number of hydrogen-bond donors (Lipinski definition) is 2. The largest absolute Gasteiger partial charge is 0.484 e. The highest BCUT2D eigenvalue weighted by atomic mass is 32.2. The molecule has 0 aromatic carbocycles. The van der Waals surface area contributed by atoms with Crippen LogP contribution in [0, 0.1) is 5.92 Å². The Kier molecular flexibility index (Phi) is 2.90. The van der Waals surface area contributed by atoms with Gasteiger partial charge in [0.1, 0.15) is 12.0 Å². The second-order valence-electron chi connectivity index (χ2n) is 3.61. The minimum Gasteiger partial charge on any atom is -0.484 e. The molecule has 2 rings (SSSR count). The van der Waals surface area contributed by atoms with E-state index in [4.69, 9.17) is 10.5 Å². The lowest BCUT2D eigenvalue weighted by molar-refractivity contribution is -0.151. The van der Waals surface area contributed by atoms with E-state index in [0.717, 1.165) is 0 Å². The van der Waals surface area contributed by atoms with Gasteiger partial charge >= 0.3 is 0 Å². The Morgan fingerprint density at radius 3 is 3.13 bits per heavy atom. The summed E-state index contributed by atoms with van der Waals surface area (Å²) in [4.78, 5) is 13.1. The Labute approximate surface area is 92.2 Å². The third-order valence-electron chi connectivity index (χ3n) is 2.48. The zero-order valence-corrected chi connectivity index (χ0v) is 9.24. The summed E-state index contributed by atoms with van der Waals surface area (Å²) in [5.41, 5.74) is 5.31. The number of nitrogens with zero attached hydrogens (tertiary/aromatic N) is 1. The van der Waals surface area contributed by atoms with Crippen LogP contribution in [0.4, 0.5) is 0 Å². The SMILES string of the molecule is CC(O)[C@H]1C(=O)N2C=C(OCCN)S[C@H]12. The molecule has 3 atom stereocenters. The average Bonchev–Trinajstić information content (AvgIpc) is 2.53. The molecule has 0 radical (unpaired) electrons. The molecule has 84 valence electrons. The van der Waals surface area contributed by atoms with Crippen molar-refractivity contribution >= 4 is 17.7 Å². The van der Waals surface area contributed by atoms with Crippen LogP contribution in [0.25, 0.3) is 0 Å². The molecule has 3 N–H and O–H groups in total. The molecule has 6 heteroatoms. The molecule has 5 nitrogen and oxygen atoms in total. The van der Waals surface area contributed by atoms with E-state index in [-0.39, 0.29) is 17.2 Å². The maximum absolute atomic E-state index is 11.5. The highest BCUT2D eigenvalue weighted by molar-refractivity contribution is 8.03. The highest BCUT2D eigenvalue weighted by Crippen LogP contribution is 2.46. The summed E-state index contributed by atoms with van der Waals surface area (Å²) >= 11 is 1.47. The van der Waals surface area contributed by atoms with Crippen LogP contribution in [-0.4, -0.2) is 40.5 Å². The molecular weight excluding hydrogens is 216 g/mol. The van der Waals surface area contributed by atoms with E-state index in [2.05, 4.69) is 0 Å². The van der Waals surface area contributed by atoms with Gasteiger partial charge in [0.15, 0.2) is 5.09 Å². The number of carbonyl (C=O) groups is 1. The first kappa shape index (κ1) is 10.8. The summed E-state index contributed by atoms with van der Waals surface area (Å²) < 4.78 is 5.33. The van der Waals surface area contributed by atoms with Gasteiger partial charge in [-0.2, -0.15) is 0 Å². The zero-order chi connectivity index (χ0) is 11.0. The molecule has 1 saturated heterocycles. The van der Waals surface area contributed by atoms with E-state index in [1.54, 1.807) is 18.0 Å². The minimum absolute atomic E-state index is 0.00488. The van der Waals surface area contributed by atoms with Crippen LogP contribution < -0.4 is 5.73 Å². The first-order valence-corrected chi connectivity index (χ1v) is 5.74. The molecule has 15 heavy (non-hydrogen) atoms. The molecule has 1 fully saturated rings. The van der Waals surface area contributed by atoms with Crippen molar-refractivity contribution in [2.75, 3.05) is 13.2 Å². The third-order valence-corrected chi connectivity index (χ3v) is 3.70. The number of thioether (sulfide) groups is 1. The van der Waals surface area contributed by atoms with Crippen molar-refractivity contribution in [3.05, 3.63) is 11.3 Å². The van der Waals surface area contributed by atoms with Crippen molar-refractivity contribution in [3.8, 4) is 0 Å². The van der Waals surface area contributed by atoms with Gasteiger partial charge in [0.05, 0.1) is 18.2 Å². The topological polar surface area (TPSA) is 75.8 Å². The van der Waals surface area contributed by atoms with Gasteiger partial charge in [0.2, 0.25) is 5.91 Å². The fraction of sp³-hybridized carbons (Fsp3) is 0.667. The van der Waals surface area contributed by atoms with Crippen molar-refractivity contribution in [1.82, 2.24) is 4.90 Å². The van der Waals surface area contributed by atoms with Gasteiger partial charge < -0.3 is 20.5 Å². The predicted molar refractivity (Wildman–Crippen MR) is 56.5 cm³/mol. The van der Waals surface area contributed by atoms with Gasteiger partial charge in [-0.15, -0.1) is 0 Å². The lowest BCUT2D eigenvalue weighted by atomic mass is 9.93. The van der Waals surface area contributed by atoms with E-state index in [1.807, 2.05) is 0 Å². The Morgan fingerprint density at radius 1 is 1.80 bits per heavy atom. The van der Waals surface area contributed by atoms with Gasteiger partial charge in [-0.1, -0.05) is 11.8 Å². The van der Waals surface area contributed by atoms with Crippen LogP contribution in [-0.2, 0) is 9.53 Å². The Hall–Kier alpha value is -0.720. The number of carbonyl (C=O) groups excluding carboxylic acids is 1. The normalized spacial score (nSPS) is 30.7. The van der Waals surface area contributed by atoms with E-state index in [9.17, 15) is 9.90 Å². The standard InChI is InChI=1S/C9H14N2O3S/c1-5(12)7-8(13)11-4-6(14-3-2-10)15-9(7)11/h4-5,7,9,12H,2-3,10H2,1H3/t5?,7-,9+/m0/s1. The first-order chi connectivity index (χ1) is 7.15. The quantitative estimate of drug-likeness (QED) is 0.647. The molecule has 2 aliphatic heterocycles. The van der Waals surface area contributed by atoms with Gasteiger partial charge in [-0.05, 0) is 6.92 Å². The summed E-state index contributed by atoms with van der Waals surface area (Å²) in [5, 5.41) is 10.1. The molecule has 2 aliphatic rings. The van der Waals surface area contributed by atoms with Gasteiger partial charge in [-0.25, -0.2) is 0 Å². The number of ether oxygens (including phenoxy) is 1. The van der Waals surface area contributed by atoms with Crippen molar-refractivity contribution < 1.29 is 14.6 Å². The summed E-state index contributed by atoms with van der Waals surface area (Å²) in [6, 6.07) is 0. The lowest BCUT2D eigenvalue weighted by Crippen LogP contribution is -2.58. The summed E-state index contributed by atoms with van der Waals surface area (Å²) in [6.07, 6.45) is 1.08. The maximum atomic E-state index is 11.5. The van der Waals surface area contributed by atoms with Crippen LogP contribution in [0.3, 0.4) is 0 Å². The van der Waals surface area contributed by atoms with Crippen LogP contribution in [0.5, 0.6) is 0 Å². The van der Waals surface area contributed by atoms with Crippen molar-refractivity contribution in [2.24, 2.45) is 11.7 Å². The summed E-state index contributed by atoms with van der Waals surface area (Å²) in [6.45, 7) is 2.54. The molecule has 0 spiro atoms. The smallest absolute Gasteiger partial charge is 0.236 e. The van der Waals surface area contributed by atoms with Gasteiger partial charge in [0, 0.05) is 6.54 Å². The van der Waals surface area contributed by atoms with E-state index in [1.165, 1.54) is 11.8 Å². The number of aliphatic hydroxyl groups excluding tert-OH is 1. The number of β-lactam (4-membered cyclic amide) rings is 1. The second-order valence-corrected chi connectivity index (χ2v) is 4.73. The van der Waals surface area contributed by atoms with Crippen LogP contribution >= 0.6 is 11.8 Å². The number of fused-ring (bicyclic) bond motifs is 1. The van der Waals surface area contributed by atoms with E-state index in [0.29, 0.717) is 18.2 Å². The molecule has 0 aromatic rings. The summed E-state index contributed by atoms with van der Waals surface area (Å²) in [5.74, 6) is -0.334. The first-order valence-electron chi connectivity index (χ1n) is 4.86. The van der Waals surface area contributed by atoms with Crippen LogP contribution in [0.1, 0.15) is 6.92 Å². The Bertz CT molecular complexity index is 306. The Morgan fingerprint density at radius 2 is 2.53 bits per heavy atom. The molecule has 0 aliphatic carbocycles. The van der Waals surface area contributed by atoms with E-state index >= 15 is 0 Å². The molecule has 0 saturated carbocycles. The van der Waals surface area contributed by atoms with Gasteiger partial charge in [-0.3, -0.25) is 4.79 Å². The maximum Gasteiger partial charge on any atom is 0.236 e. The minimum atomic E-state index is -0.603.